The normalized spacial score (nSPS) is 10.6. The van der Waals surface area contributed by atoms with Gasteiger partial charge in [-0.15, -0.1) is 0 Å². The predicted molar refractivity (Wildman–Crippen MR) is 117 cm³/mol. The molecule has 0 spiro atoms. The Balaban J connectivity index is 1.65. The predicted octanol–water partition coefficient (Wildman–Crippen LogP) is 6.03. The minimum absolute atomic E-state index is 0.0603. The fourth-order valence-corrected chi connectivity index (χ4v) is 3.24. The third-order valence-corrected chi connectivity index (χ3v) is 4.86. The standard InChI is InChI=1S/C23H17ClFN3O2/c1-30-16-9-6-14(7-10-16)27-22-18-5-3-2-4-17(18)19(13-26-22)23(29)28-15-8-11-21(25)20(24)12-15/h2-13H,1H3,(H,26,27)(H,28,29). The average molecular weight is 422 g/mol. The average Bonchev–Trinajstić information content (AvgIpc) is 2.77. The molecule has 5 nitrogen and oxygen atoms in total. The van der Waals surface area contributed by atoms with Crippen LogP contribution in [0, 0.1) is 5.82 Å². The summed E-state index contributed by atoms with van der Waals surface area (Å²) in [6.45, 7) is 0. The van der Waals surface area contributed by atoms with E-state index in [1.54, 1.807) is 7.11 Å². The van der Waals surface area contributed by atoms with Gasteiger partial charge >= 0.3 is 0 Å². The lowest BCUT2D eigenvalue weighted by molar-refractivity contribution is 0.102. The number of rotatable bonds is 5. The number of anilines is 3. The summed E-state index contributed by atoms with van der Waals surface area (Å²) in [5, 5.41) is 7.47. The summed E-state index contributed by atoms with van der Waals surface area (Å²) in [5.41, 5.74) is 1.63. The third-order valence-electron chi connectivity index (χ3n) is 4.57. The number of aromatic nitrogens is 1. The van der Waals surface area contributed by atoms with Gasteiger partial charge in [0.1, 0.15) is 17.4 Å². The molecule has 0 radical (unpaired) electrons. The number of amides is 1. The lowest BCUT2D eigenvalue weighted by Crippen LogP contribution is -2.13. The Hall–Kier alpha value is -3.64. The fourth-order valence-electron chi connectivity index (χ4n) is 3.06. The largest absolute Gasteiger partial charge is 0.497 e. The van der Waals surface area contributed by atoms with Gasteiger partial charge in [-0.05, 0) is 47.9 Å². The van der Waals surface area contributed by atoms with Gasteiger partial charge in [-0.3, -0.25) is 4.79 Å². The number of nitrogens with zero attached hydrogens (tertiary/aromatic N) is 1. The fraction of sp³-hybridized carbons (Fsp3) is 0.0435. The molecule has 1 aromatic heterocycles. The molecule has 3 aromatic carbocycles. The van der Waals surface area contributed by atoms with Crippen molar-refractivity contribution in [3.05, 3.63) is 89.3 Å². The Labute approximate surface area is 177 Å². The molecule has 0 aliphatic rings. The van der Waals surface area contributed by atoms with Crippen LogP contribution >= 0.6 is 11.6 Å². The van der Waals surface area contributed by atoms with Crippen LogP contribution in [0.4, 0.5) is 21.6 Å². The third kappa shape index (κ3) is 4.04. The highest BCUT2D eigenvalue weighted by molar-refractivity contribution is 6.31. The van der Waals surface area contributed by atoms with E-state index < -0.39 is 5.82 Å². The van der Waals surface area contributed by atoms with Crippen molar-refractivity contribution in [1.29, 1.82) is 0 Å². The monoisotopic (exact) mass is 421 g/mol. The number of methoxy groups -OCH3 is 1. The van der Waals surface area contributed by atoms with Crippen LogP contribution in [0.3, 0.4) is 0 Å². The highest BCUT2D eigenvalue weighted by Crippen LogP contribution is 2.28. The molecule has 0 aliphatic carbocycles. The molecule has 0 fully saturated rings. The summed E-state index contributed by atoms with van der Waals surface area (Å²) in [4.78, 5) is 17.3. The molecule has 4 aromatic rings. The molecule has 2 N–H and O–H groups in total. The van der Waals surface area contributed by atoms with Crippen LogP contribution < -0.4 is 15.4 Å². The van der Waals surface area contributed by atoms with Gasteiger partial charge < -0.3 is 15.4 Å². The quantitative estimate of drug-likeness (QED) is 0.413. The molecule has 0 unspecified atom stereocenters. The van der Waals surface area contributed by atoms with Gasteiger partial charge in [0.2, 0.25) is 0 Å². The van der Waals surface area contributed by atoms with Crippen LogP contribution in [0.2, 0.25) is 5.02 Å². The summed E-state index contributed by atoms with van der Waals surface area (Å²) in [6.07, 6.45) is 1.51. The molecule has 4 rings (SSSR count). The first-order chi connectivity index (χ1) is 14.5. The molecular weight excluding hydrogens is 405 g/mol. The zero-order chi connectivity index (χ0) is 21.1. The van der Waals surface area contributed by atoms with Crippen molar-refractivity contribution < 1.29 is 13.9 Å². The van der Waals surface area contributed by atoms with Crippen molar-refractivity contribution in [2.75, 3.05) is 17.7 Å². The second-order valence-electron chi connectivity index (χ2n) is 6.50. The van der Waals surface area contributed by atoms with Crippen molar-refractivity contribution >= 4 is 45.5 Å². The van der Waals surface area contributed by atoms with E-state index in [2.05, 4.69) is 15.6 Å². The van der Waals surface area contributed by atoms with Crippen LogP contribution in [0.1, 0.15) is 10.4 Å². The Morgan fingerprint density at radius 2 is 1.70 bits per heavy atom. The molecule has 0 bridgehead atoms. The molecule has 0 aliphatic heterocycles. The molecule has 0 atom stereocenters. The van der Waals surface area contributed by atoms with Crippen LogP contribution in [-0.4, -0.2) is 18.0 Å². The first-order valence-electron chi connectivity index (χ1n) is 9.10. The molecular formula is C23H17ClFN3O2. The van der Waals surface area contributed by atoms with Crippen LogP contribution in [0.15, 0.2) is 72.9 Å². The molecule has 30 heavy (non-hydrogen) atoms. The number of benzene rings is 3. The van der Waals surface area contributed by atoms with E-state index in [0.29, 0.717) is 17.1 Å². The SMILES string of the molecule is COc1ccc(Nc2ncc(C(=O)Nc3ccc(F)c(Cl)c3)c3ccccc23)cc1. The zero-order valence-electron chi connectivity index (χ0n) is 15.9. The number of pyridine rings is 1. The Morgan fingerprint density at radius 1 is 1.00 bits per heavy atom. The van der Waals surface area contributed by atoms with E-state index in [1.807, 2.05) is 48.5 Å². The van der Waals surface area contributed by atoms with Crippen LogP contribution in [-0.2, 0) is 0 Å². The van der Waals surface area contributed by atoms with Crippen molar-refractivity contribution in [3.8, 4) is 5.75 Å². The van der Waals surface area contributed by atoms with Crippen molar-refractivity contribution in [3.63, 3.8) is 0 Å². The van der Waals surface area contributed by atoms with Gasteiger partial charge in [-0.2, -0.15) is 0 Å². The second kappa shape index (κ2) is 8.39. The van der Waals surface area contributed by atoms with Crippen molar-refractivity contribution in [2.24, 2.45) is 0 Å². The van der Waals surface area contributed by atoms with Gasteiger partial charge in [-0.25, -0.2) is 9.37 Å². The van der Waals surface area contributed by atoms with E-state index >= 15 is 0 Å². The number of carbonyl (C=O) groups is 1. The Morgan fingerprint density at radius 3 is 2.40 bits per heavy atom. The molecule has 1 amide bonds. The first kappa shape index (κ1) is 19.7. The van der Waals surface area contributed by atoms with Gasteiger partial charge in [0.25, 0.3) is 5.91 Å². The highest BCUT2D eigenvalue weighted by Gasteiger charge is 2.14. The van der Waals surface area contributed by atoms with Gasteiger partial charge in [0, 0.05) is 23.0 Å². The number of hydrogen-bond acceptors (Lipinski definition) is 4. The van der Waals surface area contributed by atoms with Gasteiger partial charge in [-0.1, -0.05) is 35.9 Å². The number of carbonyl (C=O) groups excluding carboxylic acids is 1. The second-order valence-corrected chi connectivity index (χ2v) is 6.91. The van der Waals surface area contributed by atoms with Gasteiger partial charge in [0.05, 0.1) is 17.7 Å². The maximum Gasteiger partial charge on any atom is 0.257 e. The smallest absolute Gasteiger partial charge is 0.257 e. The van der Waals surface area contributed by atoms with Crippen molar-refractivity contribution in [2.45, 2.75) is 0 Å². The minimum atomic E-state index is -0.546. The maximum absolute atomic E-state index is 13.4. The summed E-state index contributed by atoms with van der Waals surface area (Å²) in [6, 6.07) is 19.0. The number of ether oxygens (including phenoxy) is 1. The Bertz CT molecular complexity index is 1230. The van der Waals surface area contributed by atoms with E-state index in [4.69, 9.17) is 16.3 Å². The summed E-state index contributed by atoms with van der Waals surface area (Å²) in [7, 11) is 1.61. The molecule has 0 saturated heterocycles. The number of fused-ring (bicyclic) bond motifs is 1. The van der Waals surface area contributed by atoms with Crippen molar-refractivity contribution in [1.82, 2.24) is 4.98 Å². The summed E-state index contributed by atoms with van der Waals surface area (Å²) >= 11 is 5.80. The molecule has 1 heterocycles. The summed E-state index contributed by atoms with van der Waals surface area (Å²) in [5.74, 6) is 0.469. The maximum atomic E-state index is 13.4. The number of hydrogen-bond donors (Lipinski definition) is 2. The van der Waals surface area contributed by atoms with Crippen LogP contribution in [0.5, 0.6) is 5.75 Å². The summed E-state index contributed by atoms with van der Waals surface area (Å²) < 4.78 is 18.5. The van der Waals surface area contributed by atoms with E-state index in [0.717, 1.165) is 22.2 Å². The number of halogens is 2. The topological polar surface area (TPSA) is 63.2 Å². The lowest BCUT2D eigenvalue weighted by atomic mass is 10.1. The Kier molecular flexibility index (Phi) is 5.50. The van der Waals surface area contributed by atoms with E-state index in [9.17, 15) is 9.18 Å². The minimum Gasteiger partial charge on any atom is -0.497 e. The highest BCUT2D eigenvalue weighted by atomic mass is 35.5. The zero-order valence-corrected chi connectivity index (χ0v) is 16.7. The lowest BCUT2D eigenvalue weighted by Gasteiger charge is -2.13. The molecule has 7 heteroatoms. The van der Waals surface area contributed by atoms with Gasteiger partial charge in [0.15, 0.2) is 0 Å². The van der Waals surface area contributed by atoms with Crippen LogP contribution in [0.25, 0.3) is 10.8 Å². The number of nitrogens with one attached hydrogen (secondary N) is 2. The van der Waals surface area contributed by atoms with E-state index in [-0.39, 0.29) is 10.9 Å². The molecule has 0 saturated carbocycles. The van der Waals surface area contributed by atoms with E-state index in [1.165, 1.54) is 24.4 Å². The molecule has 150 valence electrons. The first-order valence-corrected chi connectivity index (χ1v) is 9.48.